The lowest BCUT2D eigenvalue weighted by Crippen LogP contribution is -2.48. The third-order valence-electron chi connectivity index (χ3n) is 5.53. The van der Waals surface area contributed by atoms with Crippen molar-refractivity contribution in [3.63, 3.8) is 0 Å². The summed E-state index contributed by atoms with van der Waals surface area (Å²) in [6.45, 7) is 2.24. The lowest BCUT2D eigenvalue weighted by atomic mass is 9.83. The molecule has 0 unspecified atom stereocenters. The minimum atomic E-state index is -0.590. The highest BCUT2D eigenvalue weighted by Crippen LogP contribution is 2.36. The van der Waals surface area contributed by atoms with Crippen LogP contribution in [-0.2, 0) is 11.3 Å². The lowest BCUT2D eigenvalue weighted by Gasteiger charge is -2.43. The second-order valence-corrected chi connectivity index (χ2v) is 9.22. The van der Waals surface area contributed by atoms with Gasteiger partial charge >= 0.3 is 0 Å². The second-order valence-electron chi connectivity index (χ2n) is 7.62. The van der Waals surface area contributed by atoms with E-state index in [9.17, 15) is 14.4 Å². The number of thiocarbonyl (C=S) groups is 1. The Balaban J connectivity index is 1.36. The highest BCUT2D eigenvalue weighted by atomic mass is 32.2. The Labute approximate surface area is 183 Å². The number of anilines is 1. The minimum Gasteiger partial charge on any atom is -0.366 e. The second kappa shape index (κ2) is 8.61. The maximum atomic E-state index is 12.4. The fraction of sp³-hybridized carbons (Fsp3) is 0.333. The van der Waals surface area contributed by atoms with E-state index in [-0.39, 0.29) is 28.7 Å². The summed E-state index contributed by atoms with van der Waals surface area (Å²) < 4.78 is 2.56. The predicted octanol–water partition coefficient (Wildman–Crippen LogP) is 2.02. The number of amides is 2. The van der Waals surface area contributed by atoms with E-state index in [1.807, 2.05) is 16.7 Å². The van der Waals surface area contributed by atoms with Gasteiger partial charge in [-0.1, -0.05) is 42.2 Å². The van der Waals surface area contributed by atoms with Gasteiger partial charge in [0.2, 0.25) is 5.91 Å². The van der Waals surface area contributed by atoms with Crippen molar-refractivity contribution >= 4 is 45.8 Å². The maximum Gasteiger partial charge on any atom is 0.250 e. The molecule has 1 saturated heterocycles. The Bertz CT molecular complexity index is 1070. The number of nitrogens with two attached hydrogens (primary N) is 1. The Morgan fingerprint density at radius 3 is 2.73 bits per heavy atom. The molecular formula is C21H22N4O3S2. The number of hydrogen-bond acceptors (Lipinski definition) is 5. The van der Waals surface area contributed by atoms with E-state index in [2.05, 4.69) is 10.2 Å². The van der Waals surface area contributed by atoms with Gasteiger partial charge in [-0.25, -0.2) is 0 Å². The van der Waals surface area contributed by atoms with Crippen molar-refractivity contribution in [2.24, 2.45) is 11.7 Å². The number of piperidine rings is 1. The molecule has 2 atom stereocenters. The first-order valence-electron chi connectivity index (χ1n) is 9.72. The van der Waals surface area contributed by atoms with Crippen LogP contribution in [0.15, 0.2) is 47.3 Å². The zero-order chi connectivity index (χ0) is 21.3. The number of primary amides is 1. The van der Waals surface area contributed by atoms with Crippen LogP contribution in [0.25, 0.3) is 0 Å². The summed E-state index contributed by atoms with van der Waals surface area (Å²) in [6, 6.07) is 12.1. The topological polar surface area (TPSA) is 97.4 Å². The van der Waals surface area contributed by atoms with E-state index in [0.717, 1.165) is 25.2 Å². The highest BCUT2D eigenvalue weighted by molar-refractivity contribution is 8.23. The van der Waals surface area contributed by atoms with Crippen molar-refractivity contribution in [1.29, 1.82) is 0 Å². The molecule has 7 nitrogen and oxygen atoms in total. The van der Waals surface area contributed by atoms with E-state index in [0.29, 0.717) is 22.5 Å². The Hall–Kier alpha value is -2.65. The van der Waals surface area contributed by atoms with Crippen LogP contribution in [0.3, 0.4) is 0 Å². The molecule has 3 N–H and O–H groups in total. The first-order chi connectivity index (χ1) is 14.4. The Kier molecular flexibility index (Phi) is 5.92. The molecule has 1 fully saturated rings. The van der Waals surface area contributed by atoms with Crippen molar-refractivity contribution in [2.75, 3.05) is 24.2 Å². The van der Waals surface area contributed by atoms with Gasteiger partial charge in [-0.2, -0.15) is 0 Å². The first-order valence-corrected chi connectivity index (χ1v) is 11.1. The van der Waals surface area contributed by atoms with Gasteiger partial charge < -0.3 is 20.5 Å². The molecule has 2 bridgehead atoms. The van der Waals surface area contributed by atoms with E-state index in [1.54, 1.807) is 30.3 Å². The van der Waals surface area contributed by atoms with Gasteiger partial charge in [-0.05, 0) is 30.5 Å². The summed E-state index contributed by atoms with van der Waals surface area (Å²) in [4.78, 5) is 38.2. The van der Waals surface area contributed by atoms with Gasteiger partial charge in [0, 0.05) is 37.3 Å². The predicted molar refractivity (Wildman–Crippen MR) is 122 cm³/mol. The van der Waals surface area contributed by atoms with Gasteiger partial charge in [0.1, 0.15) is 4.32 Å². The molecule has 4 rings (SSSR count). The lowest BCUT2D eigenvalue weighted by molar-refractivity contribution is -0.113. The molecule has 2 aliphatic rings. The molecule has 0 radical (unpaired) electrons. The molecule has 9 heteroatoms. The van der Waals surface area contributed by atoms with Crippen molar-refractivity contribution in [3.8, 4) is 0 Å². The van der Waals surface area contributed by atoms with Crippen LogP contribution in [0, 0.1) is 5.92 Å². The summed E-state index contributed by atoms with van der Waals surface area (Å²) in [5.41, 5.74) is 7.15. The number of aromatic nitrogens is 1. The van der Waals surface area contributed by atoms with Crippen LogP contribution >= 0.6 is 24.0 Å². The SMILES string of the molecule is NC(=O)c1ccccc1NC(=O)CSC(=S)N1C[C@H]2C[C@@H](C1)c1cccc(=O)n1C2. The zero-order valence-electron chi connectivity index (χ0n) is 16.2. The molecule has 30 heavy (non-hydrogen) atoms. The summed E-state index contributed by atoms with van der Waals surface area (Å²) in [6.07, 6.45) is 1.05. The van der Waals surface area contributed by atoms with Crippen molar-refractivity contribution < 1.29 is 9.59 Å². The van der Waals surface area contributed by atoms with Gasteiger partial charge in [-0.3, -0.25) is 14.4 Å². The largest absolute Gasteiger partial charge is 0.366 e. The number of benzene rings is 1. The first kappa shape index (κ1) is 20.6. The van der Waals surface area contributed by atoms with Gasteiger partial charge in [-0.15, -0.1) is 0 Å². The molecule has 156 valence electrons. The molecule has 0 spiro atoms. The average molecular weight is 443 g/mol. The molecule has 2 amide bonds. The molecule has 1 aromatic carbocycles. The van der Waals surface area contributed by atoms with E-state index in [4.69, 9.17) is 18.0 Å². The third-order valence-corrected chi connectivity index (χ3v) is 7.05. The molecule has 0 aliphatic carbocycles. The number of carbonyl (C=O) groups excluding carboxylic acids is 2. The van der Waals surface area contributed by atoms with Crippen molar-refractivity contribution in [3.05, 3.63) is 64.1 Å². The van der Waals surface area contributed by atoms with Crippen LogP contribution in [-0.4, -0.2) is 44.4 Å². The molecule has 2 aliphatic heterocycles. The van der Waals surface area contributed by atoms with Crippen molar-refractivity contribution in [2.45, 2.75) is 18.9 Å². The number of nitrogens with zero attached hydrogens (tertiary/aromatic N) is 2. The number of fused-ring (bicyclic) bond motifs is 4. The van der Waals surface area contributed by atoms with E-state index < -0.39 is 5.91 Å². The summed E-state index contributed by atoms with van der Waals surface area (Å²) in [7, 11) is 0. The number of para-hydroxylation sites is 1. The smallest absolute Gasteiger partial charge is 0.250 e. The number of pyridine rings is 1. The van der Waals surface area contributed by atoms with Gasteiger partial charge in [0.05, 0.1) is 17.0 Å². The third kappa shape index (κ3) is 4.27. The van der Waals surface area contributed by atoms with Gasteiger partial charge in [0.25, 0.3) is 11.5 Å². The summed E-state index contributed by atoms with van der Waals surface area (Å²) in [5.74, 6) is -0.0563. The number of carbonyl (C=O) groups is 2. The normalized spacial score (nSPS) is 19.7. The van der Waals surface area contributed by atoms with Crippen LogP contribution in [0.4, 0.5) is 5.69 Å². The zero-order valence-corrected chi connectivity index (χ0v) is 17.9. The number of hydrogen-bond donors (Lipinski definition) is 2. The minimum absolute atomic E-state index is 0.0560. The Morgan fingerprint density at radius 1 is 1.13 bits per heavy atom. The number of nitrogens with one attached hydrogen (secondary N) is 1. The number of thioether (sulfide) groups is 1. The summed E-state index contributed by atoms with van der Waals surface area (Å²) >= 11 is 6.90. The quantitative estimate of drug-likeness (QED) is 0.703. The fourth-order valence-corrected chi connectivity index (χ4v) is 5.24. The molecule has 1 aromatic heterocycles. The number of likely N-dealkylation sites (tertiary alicyclic amines) is 1. The fourth-order valence-electron chi connectivity index (χ4n) is 4.26. The van der Waals surface area contributed by atoms with Crippen molar-refractivity contribution in [1.82, 2.24) is 9.47 Å². The van der Waals surface area contributed by atoms with Gasteiger partial charge in [0.15, 0.2) is 0 Å². The number of rotatable bonds is 4. The summed E-state index contributed by atoms with van der Waals surface area (Å²) in [5, 5.41) is 2.73. The standard InChI is InChI=1S/C21H22N4O3S2/c22-20(28)15-4-1-2-5-16(15)23-18(26)12-30-21(29)24-9-13-8-14(11-24)17-6-3-7-19(27)25(17)10-13/h1-7,13-14H,8-12H2,(H2,22,28)(H,23,26)/t13-,14+/m1/s1. The maximum absolute atomic E-state index is 12.4. The van der Waals surface area contributed by atoms with Crippen LogP contribution in [0.2, 0.25) is 0 Å². The van der Waals surface area contributed by atoms with Crippen LogP contribution in [0.1, 0.15) is 28.4 Å². The average Bonchev–Trinajstić information content (AvgIpc) is 2.73. The Morgan fingerprint density at radius 2 is 1.93 bits per heavy atom. The van der Waals surface area contributed by atoms with E-state index >= 15 is 0 Å². The molecule has 0 saturated carbocycles. The molecular weight excluding hydrogens is 420 g/mol. The van der Waals surface area contributed by atoms with Crippen LogP contribution in [0.5, 0.6) is 0 Å². The van der Waals surface area contributed by atoms with E-state index in [1.165, 1.54) is 11.8 Å². The highest BCUT2D eigenvalue weighted by Gasteiger charge is 2.35. The molecule has 3 heterocycles. The molecule has 2 aromatic rings. The monoisotopic (exact) mass is 442 g/mol. The van der Waals surface area contributed by atoms with Crippen LogP contribution < -0.4 is 16.6 Å².